The highest BCUT2D eigenvalue weighted by atomic mass is 16.5. The number of rotatable bonds is 5. The number of ether oxygens (including phenoxy) is 2. The molecule has 1 aromatic heterocycles. The Morgan fingerprint density at radius 3 is 3.15 bits per heavy atom. The normalized spacial score (nSPS) is 25.8. The van der Waals surface area contributed by atoms with Gasteiger partial charge in [0, 0.05) is 30.5 Å². The first-order chi connectivity index (χ1) is 12.7. The molecular weight excluding hydrogens is 330 g/mol. The van der Waals surface area contributed by atoms with Crippen molar-refractivity contribution in [3.63, 3.8) is 0 Å². The number of hydrogen-bond acceptors (Lipinski definition) is 4. The van der Waals surface area contributed by atoms with E-state index < -0.39 is 0 Å². The number of nitrogens with zero attached hydrogens (tertiary/aromatic N) is 1. The van der Waals surface area contributed by atoms with Crippen molar-refractivity contribution in [2.45, 2.75) is 25.4 Å². The Morgan fingerprint density at radius 1 is 1.42 bits per heavy atom. The van der Waals surface area contributed by atoms with Crippen LogP contribution in [0.1, 0.15) is 29.8 Å². The zero-order valence-corrected chi connectivity index (χ0v) is 15.0. The fourth-order valence-corrected chi connectivity index (χ4v) is 4.26. The topological polar surface area (TPSA) is 51.9 Å². The Morgan fingerprint density at radius 2 is 2.31 bits per heavy atom. The summed E-state index contributed by atoms with van der Waals surface area (Å²) in [6, 6.07) is 9.54. The van der Waals surface area contributed by atoms with Gasteiger partial charge in [-0.05, 0) is 31.4 Å². The van der Waals surface area contributed by atoms with Crippen LogP contribution in [0.4, 0.5) is 0 Å². The fraction of sp³-hybridized carbons (Fsp3) is 0.476. The van der Waals surface area contributed by atoms with E-state index in [4.69, 9.17) is 13.9 Å². The summed E-state index contributed by atoms with van der Waals surface area (Å²) in [5.74, 6) is 0.358. The summed E-state index contributed by atoms with van der Waals surface area (Å²) in [5.41, 5.74) is 0.608. The van der Waals surface area contributed by atoms with Crippen molar-refractivity contribution in [1.29, 1.82) is 0 Å². The smallest absolute Gasteiger partial charge is 0.289 e. The predicted molar refractivity (Wildman–Crippen MR) is 99.2 cm³/mol. The molecule has 2 aliphatic heterocycles. The number of carbonyl (C=O) groups excluding carboxylic acids is 1. The lowest BCUT2D eigenvalue weighted by Crippen LogP contribution is -2.58. The lowest BCUT2D eigenvalue weighted by molar-refractivity contribution is -0.145. The van der Waals surface area contributed by atoms with E-state index >= 15 is 0 Å². The second-order valence-corrected chi connectivity index (χ2v) is 7.29. The minimum absolute atomic E-state index is 0.0479. The van der Waals surface area contributed by atoms with E-state index in [0.29, 0.717) is 32.1 Å². The molecule has 0 bridgehead atoms. The van der Waals surface area contributed by atoms with Gasteiger partial charge in [-0.3, -0.25) is 4.79 Å². The van der Waals surface area contributed by atoms with Gasteiger partial charge in [0.2, 0.25) is 0 Å². The molecule has 0 unspecified atom stereocenters. The van der Waals surface area contributed by atoms with Crippen LogP contribution in [0.15, 0.2) is 47.4 Å². The van der Waals surface area contributed by atoms with Crippen LogP contribution in [-0.2, 0) is 9.47 Å². The monoisotopic (exact) mass is 355 g/mol. The highest BCUT2D eigenvalue weighted by molar-refractivity contribution is 5.96. The Labute approximate surface area is 153 Å². The zero-order valence-electron chi connectivity index (χ0n) is 15.0. The number of para-hydroxylation sites is 1. The van der Waals surface area contributed by atoms with Gasteiger partial charge in [0.1, 0.15) is 5.58 Å². The molecule has 2 saturated heterocycles. The van der Waals surface area contributed by atoms with Gasteiger partial charge in [-0.2, -0.15) is 0 Å². The molecule has 5 nitrogen and oxygen atoms in total. The minimum atomic E-state index is -0.138. The van der Waals surface area contributed by atoms with Crippen molar-refractivity contribution in [2.24, 2.45) is 5.41 Å². The van der Waals surface area contributed by atoms with Crippen LogP contribution < -0.4 is 0 Å². The summed E-state index contributed by atoms with van der Waals surface area (Å²) in [4.78, 5) is 15.0. The summed E-state index contributed by atoms with van der Waals surface area (Å²) in [7, 11) is 0. The number of benzene rings is 1. The second kappa shape index (κ2) is 7.25. The van der Waals surface area contributed by atoms with E-state index in [9.17, 15) is 4.79 Å². The minimum Gasteiger partial charge on any atom is -0.451 e. The van der Waals surface area contributed by atoms with Crippen LogP contribution in [0, 0.1) is 5.41 Å². The highest BCUT2D eigenvalue weighted by Gasteiger charge is 2.47. The van der Waals surface area contributed by atoms with Crippen LogP contribution in [0.5, 0.6) is 0 Å². The molecule has 5 heteroatoms. The number of amides is 1. The van der Waals surface area contributed by atoms with Gasteiger partial charge in [0.25, 0.3) is 5.91 Å². The van der Waals surface area contributed by atoms with E-state index in [-0.39, 0.29) is 17.4 Å². The predicted octanol–water partition coefficient (Wildman–Crippen LogP) is 3.65. The Balaban J connectivity index is 1.54. The molecule has 2 aromatic rings. The summed E-state index contributed by atoms with van der Waals surface area (Å²) in [6.07, 6.45) is 4.76. The zero-order chi connectivity index (χ0) is 18.0. The maximum absolute atomic E-state index is 13.1. The number of fused-ring (bicyclic) bond motifs is 2. The molecule has 1 aromatic carbocycles. The first-order valence-corrected chi connectivity index (χ1v) is 9.30. The van der Waals surface area contributed by atoms with Crippen LogP contribution in [-0.4, -0.2) is 49.8 Å². The van der Waals surface area contributed by atoms with Crippen molar-refractivity contribution >= 4 is 16.9 Å². The molecule has 3 heterocycles. The summed E-state index contributed by atoms with van der Waals surface area (Å²) in [5, 5.41) is 0.954. The number of carbonyl (C=O) groups is 1. The van der Waals surface area contributed by atoms with Gasteiger partial charge in [0.15, 0.2) is 5.76 Å². The maximum atomic E-state index is 13.1. The van der Waals surface area contributed by atoms with Crippen molar-refractivity contribution in [2.75, 3.05) is 32.9 Å². The number of hydrogen-bond donors (Lipinski definition) is 0. The lowest BCUT2D eigenvalue weighted by atomic mass is 9.73. The van der Waals surface area contributed by atoms with E-state index in [2.05, 4.69) is 6.58 Å². The maximum Gasteiger partial charge on any atom is 0.289 e. The van der Waals surface area contributed by atoms with Gasteiger partial charge in [-0.1, -0.05) is 24.3 Å². The fourth-order valence-electron chi connectivity index (χ4n) is 4.26. The molecule has 2 fully saturated rings. The molecule has 138 valence electrons. The highest BCUT2D eigenvalue weighted by Crippen LogP contribution is 2.41. The Hall–Kier alpha value is -2.11. The molecule has 26 heavy (non-hydrogen) atoms. The van der Waals surface area contributed by atoms with E-state index in [1.165, 1.54) is 0 Å². The standard InChI is InChI=1S/C21H25NO4/c1-2-11-24-15-21-9-5-12-25-19(21)8-10-22(14-21)20(23)18-13-16-6-3-4-7-17(16)26-18/h2-4,6-7,13,19H,1,5,8-12,14-15H2/t19-,21+/m0/s1. The Bertz CT molecular complexity index is 765. The van der Waals surface area contributed by atoms with Crippen LogP contribution in [0.25, 0.3) is 11.0 Å². The van der Waals surface area contributed by atoms with E-state index in [1.54, 1.807) is 6.08 Å². The second-order valence-electron chi connectivity index (χ2n) is 7.29. The summed E-state index contributed by atoms with van der Waals surface area (Å²) < 4.78 is 17.6. The first kappa shape index (κ1) is 17.3. The summed E-state index contributed by atoms with van der Waals surface area (Å²) in [6.45, 7) is 6.95. The van der Waals surface area contributed by atoms with Gasteiger partial charge >= 0.3 is 0 Å². The van der Waals surface area contributed by atoms with Gasteiger partial charge in [-0.25, -0.2) is 0 Å². The molecule has 4 rings (SSSR count). The van der Waals surface area contributed by atoms with Gasteiger partial charge in [-0.15, -0.1) is 6.58 Å². The largest absolute Gasteiger partial charge is 0.451 e. The van der Waals surface area contributed by atoms with Crippen LogP contribution in [0.3, 0.4) is 0 Å². The quantitative estimate of drug-likeness (QED) is 0.607. The van der Waals surface area contributed by atoms with E-state index in [0.717, 1.165) is 36.8 Å². The van der Waals surface area contributed by atoms with Crippen molar-refractivity contribution < 1.29 is 18.7 Å². The average molecular weight is 355 g/mol. The molecule has 0 aliphatic carbocycles. The molecular formula is C21H25NO4. The molecule has 1 amide bonds. The third-order valence-corrected chi connectivity index (χ3v) is 5.54. The van der Waals surface area contributed by atoms with Crippen molar-refractivity contribution in [1.82, 2.24) is 4.90 Å². The molecule has 2 aliphatic rings. The molecule has 0 spiro atoms. The number of piperidine rings is 1. The average Bonchev–Trinajstić information content (AvgIpc) is 3.11. The number of likely N-dealkylation sites (tertiary alicyclic amines) is 1. The lowest BCUT2D eigenvalue weighted by Gasteiger charge is -2.50. The molecule has 0 saturated carbocycles. The number of furan rings is 1. The van der Waals surface area contributed by atoms with Crippen LogP contribution in [0.2, 0.25) is 0 Å². The SMILES string of the molecule is C=CCOC[C@]12CCCO[C@H]1CCN(C(=O)c1cc3ccccc3o1)C2. The van der Waals surface area contributed by atoms with Crippen molar-refractivity contribution in [3.8, 4) is 0 Å². The molecule has 0 N–H and O–H groups in total. The van der Waals surface area contributed by atoms with E-state index in [1.807, 2.05) is 35.2 Å². The first-order valence-electron chi connectivity index (χ1n) is 9.30. The summed E-state index contributed by atoms with van der Waals surface area (Å²) >= 11 is 0. The third-order valence-electron chi connectivity index (χ3n) is 5.54. The van der Waals surface area contributed by atoms with Crippen LogP contribution >= 0.6 is 0 Å². The van der Waals surface area contributed by atoms with Gasteiger partial charge < -0.3 is 18.8 Å². The Kier molecular flexibility index (Phi) is 4.83. The molecule has 0 radical (unpaired) electrons. The molecule has 2 atom stereocenters. The van der Waals surface area contributed by atoms with Crippen molar-refractivity contribution in [3.05, 3.63) is 48.7 Å². The third kappa shape index (κ3) is 3.17. The van der Waals surface area contributed by atoms with Gasteiger partial charge in [0.05, 0.1) is 19.3 Å².